The SMILES string of the molecule is NC(=O)CC[C@H](N)COc1cccc(C#CCCC(=O)OCc2ccccc2)c1Cl. The third-order valence-corrected chi connectivity index (χ3v) is 4.49. The molecule has 1 amide bonds. The van der Waals surface area contributed by atoms with Crippen LogP contribution in [0.1, 0.15) is 36.8 Å². The summed E-state index contributed by atoms with van der Waals surface area (Å²) in [4.78, 5) is 22.6. The molecule has 0 radical (unpaired) electrons. The van der Waals surface area contributed by atoms with Crippen molar-refractivity contribution in [1.29, 1.82) is 0 Å². The van der Waals surface area contributed by atoms with Crippen molar-refractivity contribution in [2.24, 2.45) is 11.5 Å². The Morgan fingerprint density at radius 2 is 1.83 bits per heavy atom. The highest BCUT2D eigenvalue weighted by Crippen LogP contribution is 2.27. The number of carbonyl (C=O) groups is 2. The molecule has 0 fully saturated rings. The van der Waals surface area contributed by atoms with Crippen LogP contribution in [0.5, 0.6) is 5.75 Å². The molecule has 4 N–H and O–H groups in total. The van der Waals surface area contributed by atoms with Crippen LogP contribution in [0.3, 0.4) is 0 Å². The van der Waals surface area contributed by atoms with E-state index in [4.69, 9.17) is 32.5 Å². The van der Waals surface area contributed by atoms with Gasteiger partial charge in [0.05, 0.1) is 11.4 Å². The van der Waals surface area contributed by atoms with Crippen molar-refractivity contribution in [1.82, 2.24) is 0 Å². The number of primary amides is 1. The molecule has 6 nitrogen and oxygen atoms in total. The van der Waals surface area contributed by atoms with Gasteiger partial charge in [0.25, 0.3) is 0 Å². The fourth-order valence-electron chi connectivity index (χ4n) is 2.46. The van der Waals surface area contributed by atoms with Gasteiger partial charge in [0.2, 0.25) is 5.91 Å². The first-order chi connectivity index (χ1) is 14.5. The molecule has 0 heterocycles. The quantitative estimate of drug-likeness (QED) is 0.446. The van der Waals surface area contributed by atoms with E-state index in [-0.39, 0.29) is 38.1 Å². The van der Waals surface area contributed by atoms with Gasteiger partial charge in [-0.1, -0.05) is 59.8 Å². The third-order valence-electron chi connectivity index (χ3n) is 4.10. The number of ether oxygens (including phenoxy) is 2. The highest BCUT2D eigenvalue weighted by molar-refractivity contribution is 6.33. The number of halogens is 1. The first-order valence-electron chi connectivity index (χ1n) is 9.59. The summed E-state index contributed by atoms with van der Waals surface area (Å²) >= 11 is 6.34. The Labute approximate surface area is 181 Å². The van der Waals surface area contributed by atoms with E-state index in [1.807, 2.05) is 30.3 Å². The molecular formula is C23H25ClN2O4. The van der Waals surface area contributed by atoms with E-state index < -0.39 is 5.91 Å². The van der Waals surface area contributed by atoms with Gasteiger partial charge in [0, 0.05) is 24.4 Å². The first-order valence-corrected chi connectivity index (χ1v) is 9.97. The Bertz CT molecular complexity index is 906. The second kappa shape index (κ2) is 12.5. The van der Waals surface area contributed by atoms with Crippen molar-refractivity contribution in [3.8, 4) is 17.6 Å². The lowest BCUT2D eigenvalue weighted by Crippen LogP contribution is -2.29. The number of hydrogen-bond acceptors (Lipinski definition) is 5. The second-order valence-electron chi connectivity index (χ2n) is 6.64. The summed E-state index contributed by atoms with van der Waals surface area (Å²) in [5.74, 6) is 5.63. The standard InChI is InChI=1S/C23H25ClN2O4/c24-23-18(10-6-11-20(23)29-16-19(25)13-14-21(26)27)9-4-5-12-22(28)30-15-17-7-2-1-3-8-17/h1-3,6-8,10-11,19H,5,12-16,25H2,(H2,26,27)/t19-/m0/s1. The van der Waals surface area contributed by atoms with Gasteiger partial charge < -0.3 is 20.9 Å². The van der Waals surface area contributed by atoms with Crippen molar-refractivity contribution in [3.05, 3.63) is 64.7 Å². The summed E-state index contributed by atoms with van der Waals surface area (Å²) in [7, 11) is 0. The Morgan fingerprint density at radius 1 is 1.07 bits per heavy atom. The lowest BCUT2D eigenvalue weighted by atomic mass is 10.1. The van der Waals surface area contributed by atoms with Crippen LogP contribution in [0.25, 0.3) is 0 Å². The Balaban J connectivity index is 1.80. The highest BCUT2D eigenvalue weighted by Gasteiger charge is 2.10. The average Bonchev–Trinajstić information content (AvgIpc) is 2.74. The number of esters is 1. The van der Waals surface area contributed by atoms with Crippen molar-refractivity contribution < 1.29 is 19.1 Å². The van der Waals surface area contributed by atoms with Crippen LogP contribution in [0.15, 0.2) is 48.5 Å². The normalized spacial score (nSPS) is 11.1. The van der Waals surface area contributed by atoms with Crippen LogP contribution in [-0.4, -0.2) is 24.5 Å². The van der Waals surface area contributed by atoms with E-state index in [1.165, 1.54) is 0 Å². The van der Waals surface area contributed by atoms with E-state index in [9.17, 15) is 9.59 Å². The molecule has 1 atom stereocenters. The molecule has 0 spiro atoms. The van der Waals surface area contributed by atoms with E-state index in [1.54, 1.807) is 18.2 Å². The van der Waals surface area contributed by atoms with Gasteiger partial charge in [-0.3, -0.25) is 9.59 Å². The summed E-state index contributed by atoms with van der Waals surface area (Å²) in [5, 5.41) is 0.374. The predicted molar refractivity (Wildman–Crippen MR) is 116 cm³/mol. The molecule has 158 valence electrons. The molecule has 0 aliphatic rings. The van der Waals surface area contributed by atoms with Crippen LogP contribution < -0.4 is 16.2 Å². The molecule has 0 aliphatic heterocycles. The van der Waals surface area contributed by atoms with Gasteiger partial charge in [-0.2, -0.15) is 0 Å². The lowest BCUT2D eigenvalue weighted by molar-refractivity contribution is -0.144. The molecule has 2 aromatic carbocycles. The van der Waals surface area contributed by atoms with Crippen LogP contribution in [0, 0.1) is 11.8 Å². The van der Waals surface area contributed by atoms with E-state index in [2.05, 4.69) is 11.8 Å². The zero-order valence-corrected chi connectivity index (χ0v) is 17.4. The van der Waals surface area contributed by atoms with Crippen LogP contribution >= 0.6 is 11.6 Å². The van der Waals surface area contributed by atoms with E-state index in [0.717, 1.165) is 5.56 Å². The largest absolute Gasteiger partial charge is 0.490 e. The number of nitrogens with two attached hydrogens (primary N) is 2. The number of carbonyl (C=O) groups excluding carboxylic acids is 2. The summed E-state index contributed by atoms with van der Waals surface area (Å²) < 4.78 is 10.9. The van der Waals surface area contributed by atoms with Crippen molar-refractivity contribution >= 4 is 23.5 Å². The molecule has 0 bridgehead atoms. The molecule has 7 heteroatoms. The van der Waals surface area contributed by atoms with Gasteiger partial charge >= 0.3 is 5.97 Å². The van der Waals surface area contributed by atoms with Crippen LogP contribution in [0.2, 0.25) is 5.02 Å². The molecule has 2 aromatic rings. The molecule has 0 unspecified atom stereocenters. The van der Waals surface area contributed by atoms with E-state index >= 15 is 0 Å². The number of hydrogen-bond donors (Lipinski definition) is 2. The maximum Gasteiger partial charge on any atom is 0.307 e. The maximum absolute atomic E-state index is 11.8. The molecular weight excluding hydrogens is 404 g/mol. The Kier molecular flexibility index (Phi) is 9.72. The Morgan fingerprint density at radius 3 is 2.57 bits per heavy atom. The summed E-state index contributed by atoms with van der Waals surface area (Å²) in [6, 6.07) is 14.4. The molecule has 2 rings (SSSR count). The molecule has 30 heavy (non-hydrogen) atoms. The molecule has 0 aliphatic carbocycles. The fourth-order valence-corrected chi connectivity index (χ4v) is 2.69. The summed E-state index contributed by atoms with van der Waals surface area (Å²) in [5.41, 5.74) is 12.5. The van der Waals surface area contributed by atoms with Gasteiger partial charge in [0.15, 0.2) is 0 Å². The monoisotopic (exact) mass is 428 g/mol. The van der Waals surface area contributed by atoms with Crippen molar-refractivity contribution in [2.45, 2.75) is 38.3 Å². The Hall–Kier alpha value is -3.01. The first kappa shape index (κ1) is 23.3. The molecule has 0 saturated carbocycles. The minimum Gasteiger partial charge on any atom is -0.490 e. The van der Waals surface area contributed by atoms with Crippen LogP contribution in [-0.2, 0) is 20.9 Å². The summed E-state index contributed by atoms with van der Waals surface area (Å²) in [6.45, 7) is 0.455. The highest BCUT2D eigenvalue weighted by atomic mass is 35.5. The zero-order chi connectivity index (χ0) is 21.8. The smallest absolute Gasteiger partial charge is 0.307 e. The number of rotatable bonds is 10. The van der Waals surface area contributed by atoms with Gasteiger partial charge in [-0.25, -0.2) is 0 Å². The van der Waals surface area contributed by atoms with Gasteiger partial charge in [0.1, 0.15) is 19.0 Å². The molecule has 0 aromatic heterocycles. The summed E-state index contributed by atoms with van der Waals surface area (Å²) in [6.07, 6.45) is 1.19. The van der Waals surface area contributed by atoms with Gasteiger partial charge in [-0.05, 0) is 24.1 Å². The van der Waals surface area contributed by atoms with Gasteiger partial charge in [-0.15, -0.1) is 0 Å². The van der Waals surface area contributed by atoms with Crippen molar-refractivity contribution in [2.75, 3.05) is 6.61 Å². The fraction of sp³-hybridized carbons (Fsp3) is 0.304. The lowest BCUT2D eigenvalue weighted by Gasteiger charge is -2.13. The maximum atomic E-state index is 11.8. The minimum absolute atomic E-state index is 0.197. The average molecular weight is 429 g/mol. The van der Waals surface area contributed by atoms with E-state index in [0.29, 0.717) is 29.2 Å². The van der Waals surface area contributed by atoms with Crippen molar-refractivity contribution in [3.63, 3.8) is 0 Å². The molecule has 0 saturated heterocycles. The number of benzene rings is 2. The zero-order valence-electron chi connectivity index (χ0n) is 16.6. The second-order valence-corrected chi connectivity index (χ2v) is 7.02. The third kappa shape index (κ3) is 8.56. The number of amides is 1. The minimum atomic E-state index is -0.398. The van der Waals surface area contributed by atoms with Crippen LogP contribution in [0.4, 0.5) is 0 Å². The topological polar surface area (TPSA) is 105 Å². The predicted octanol–water partition coefficient (Wildman–Crippen LogP) is 3.19.